The molecule has 1 heterocycles. The molecule has 0 saturated carbocycles. The van der Waals surface area contributed by atoms with Gasteiger partial charge in [-0.05, 0) is 35.9 Å². The van der Waals surface area contributed by atoms with Crippen molar-refractivity contribution >= 4 is 58.0 Å². The third kappa shape index (κ3) is 2.31. The van der Waals surface area contributed by atoms with Gasteiger partial charge in [-0.25, -0.2) is 0 Å². The standard InChI is InChI=1S/C15H8Cl3NO/c16-9-4-5-13-10(7-9)11(15(20)19-13)6-8-2-1-3-12(17)14(8)18/h1-7H,(H,19,20)/b11-6-. The van der Waals surface area contributed by atoms with Gasteiger partial charge >= 0.3 is 0 Å². The number of amides is 1. The maximum absolute atomic E-state index is 12.0. The van der Waals surface area contributed by atoms with E-state index in [1.54, 1.807) is 42.5 Å². The highest BCUT2D eigenvalue weighted by molar-refractivity contribution is 6.43. The highest BCUT2D eigenvalue weighted by Crippen LogP contribution is 2.36. The van der Waals surface area contributed by atoms with E-state index in [2.05, 4.69) is 5.32 Å². The molecular weight excluding hydrogens is 317 g/mol. The Morgan fingerprint density at radius 3 is 2.65 bits per heavy atom. The Bertz CT molecular complexity index is 753. The molecule has 0 bridgehead atoms. The summed E-state index contributed by atoms with van der Waals surface area (Å²) in [5.41, 5.74) is 2.71. The van der Waals surface area contributed by atoms with Gasteiger partial charge < -0.3 is 5.32 Å². The van der Waals surface area contributed by atoms with Crippen LogP contribution >= 0.6 is 34.8 Å². The molecular formula is C15H8Cl3NO. The highest BCUT2D eigenvalue weighted by Gasteiger charge is 2.24. The lowest BCUT2D eigenvalue weighted by Crippen LogP contribution is -2.03. The molecule has 1 N–H and O–H groups in total. The van der Waals surface area contributed by atoms with Crippen LogP contribution in [0.25, 0.3) is 11.6 Å². The molecule has 0 unspecified atom stereocenters. The van der Waals surface area contributed by atoms with E-state index in [4.69, 9.17) is 34.8 Å². The quantitative estimate of drug-likeness (QED) is 0.723. The number of hydrogen-bond acceptors (Lipinski definition) is 1. The predicted octanol–water partition coefficient (Wildman–Crippen LogP) is 5.14. The molecule has 0 aromatic heterocycles. The average Bonchev–Trinajstić information content (AvgIpc) is 2.71. The van der Waals surface area contributed by atoms with Crippen molar-refractivity contribution in [3.05, 3.63) is 62.6 Å². The van der Waals surface area contributed by atoms with Gasteiger partial charge in [0.05, 0.1) is 10.0 Å². The number of carbonyl (C=O) groups excluding carboxylic acids is 1. The zero-order valence-electron chi connectivity index (χ0n) is 10.1. The molecule has 2 aromatic carbocycles. The van der Waals surface area contributed by atoms with Crippen molar-refractivity contribution in [1.29, 1.82) is 0 Å². The molecule has 2 aromatic rings. The monoisotopic (exact) mass is 323 g/mol. The van der Waals surface area contributed by atoms with Gasteiger partial charge in [-0.1, -0.05) is 46.9 Å². The topological polar surface area (TPSA) is 29.1 Å². The van der Waals surface area contributed by atoms with Crippen molar-refractivity contribution in [2.75, 3.05) is 5.32 Å². The van der Waals surface area contributed by atoms with Gasteiger partial charge in [0.1, 0.15) is 0 Å². The van der Waals surface area contributed by atoms with E-state index in [0.717, 1.165) is 11.3 Å². The van der Waals surface area contributed by atoms with Gasteiger partial charge in [0.25, 0.3) is 5.91 Å². The summed E-state index contributed by atoms with van der Waals surface area (Å²) in [6.45, 7) is 0. The fourth-order valence-corrected chi connectivity index (χ4v) is 2.63. The Hall–Kier alpha value is -1.48. The van der Waals surface area contributed by atoms with E-state index in [9.17, 15) is 4.79 Å². The minimum absolute atomic E-state index is 0.182. The minimum atomic E-state index is -0.182. The molecule has 2 nitrogen and oxygen atoms in total. The van der Waals surface area contributed by atoms with Crippen LogP contribution in [0.5, 0.6) is 0 Å². The second kappa shape index (κ2) is 5.13. The van der Waals surface area contributed by atoms with Gasteiger partial charge in [-0.15, -0.1) is 0 Å². The molecule has 0 aliphatic carbocycles. The van der Waals surface area contributed by atoms with E-state index in [-0.39, 0.29) is 5.91 Å². The van der Waals surface area contributed by atoms with Crippen LogP contribution in [0.3, 0.4) is 0 Å². The summed E-state index contributed by atoms with van der Waals surface area (Å²) >= 11 is 18.1. The van der Waals surface area contributed by atoms with Gasteiger partial charge in [0.15, 0.2) is 0 Å². The molecule has 100 valence electrons. The zero-order chi connectivity index (χ0) is 14.3. The Labute approximate surface area is 131 Å². The van der Waals surface area contributed by atoms with Crippen LogP contribution in [0, 0.1) is 0 Å². The smallest absolute Gasteiger partial charge is 0.256 e. The first-order valence-electron chi connectivity index (χ1n) is 5.83. The molecule has 0 radical (unpaired) electrons. The van der Waals surface area contributed by atoms with Crippen LogP contribution in [-0.4, -0.2) is 5.91 Å². The maximum atomic E-state index is 12.0. The van der Waals surface area contributed by atoms with Crippen LogP contribution in [0.1, 0.15) is 11.1 Å². The number of hydrogen-bond donors (Lipinski definition) is 1. The van der Waals surface area contributed by atoms with Gasteiger partial charge in [0, 0.05) is 21.8 Å². The lowest BCUT2D eigenvalue weighted by molar-refractivity contribution is -0.110. The number of nitrogens with one attached hydrogen (secondary N) is 1. The highest BCUT2D eigenvalue weighted by atomic mass is 35.5. The first-order valence-corrected chi connectivity index (χ1v) is 6.96. The van der Waals surface area contributed by atoms with Crippen molar-refractivity contribution < 1.29 is 4.79 Å². The van der Waals surface area contributed by atoms with E-state index < -0.39 is 0 Å². The summed E-state index contributed by atoms with van der Waals surface area (Å²) < 4.78 is 0. The number of carbonyl (C=O) groups is 1. The Morgan fingerprint density at radius 2 is 1.85 bits per heavy atom. The van der Waals surface area contributed by atoms with Gasteiger partial charge in [-0.3, -0.25) is 4.79 Å². The number of rotatable bonds is 1. The van der Waals surface area contributed by atoms with Crippen molar-refractivity contribution in [3.63, 3.8) is 0 Å². The summed E-state index contributed by atoms with van der Waals surface area (Å²) in [4.78, 5) is 12.0. The minimum Gasteiger partial charge on any atom is -0.321 e. The molecule has 0 spiro atoms. The zero-order valence-corrected chi connectivity index (χ0v) is 12.4. The largest absolute Gasteiger partial charge is 0.321 e. The van der Waals surface area contributed by atoms with E-state index in [1.165, 1.54) is 0 Å². The summed E-state index contributed by atoms with van der Waals surface area (Å²) in [6.07, 6.45) is 1.71. The lowest BCUT2D eigenvalue weighted by atomic mass is 10.0. The third-order valence-electron chi connectivity index (χ3n) is 3.05. The van der Waals surface area contributed by atoms with Crippen molar-refractivity contribution in [2.24, 2.45) is 0 Å². The predicted molar refractivity (Wildman–Crippen MR) is 84.4 cm³/mol. The summed E-state index contributed by atoms with van der Waals surface area (Å²) in [7, 11) is 0. The molecule has 0 atom stereocenters. The van der Waals surface area contributed by atoms with Crippen molar-refractivity contribution in [2.45, 2.75) is 0 Å². The molecule has 1 amide bonds. The Balaban J connectivity index is 2.15. The van der Waals surface area contributed by atoms with Crippen LogP contribution < -0.4 is 5.32 Å². The molecule has 20 heavy (non-hydrogen) atoms. The first kappa shape index (κ1) is 13.5. The fraction of sp³-hybridized carbons (Fsp3) is 0. The fourth-order valence-electron chi connectivity index (χ4n) is 2.09. The number of fused-ring (bicyclic) bond motifs is 1. The van der Waals surface area contributed by atoms with Crippen LogP contribution in [-0.2, 0) is 4.79 Å². The second-order valence-electron chi connectivity index (χ2n) is 4.35. The molecule has 0 saturated heterocycles. The van der Waals surface area contributed by atoms with Crippen LogP contribution in [0.2, 0.25) is 15.1 Å². The third-order valence-corrected chi connectivity index (χ3v) is 4.11. The molecule has 0 fully saturated rings. The number of anilines is 1. The lowest BCUT2D eigenvalue weighted by Gasteiger charge is -2.03. The van der Waals surface area contributed by atoms with Crippen LogP contribution in [0.4, 0.5) is 5.69 Å². The molecule has 1 aliphatic heterocycles. The SMILES string of the molecule is O=C1Nc2ccc(Cl)cc2/C1=C/c1cccc(Cl)c1Cl. The summed E-state index contributed by atoms with van der Waals surface area (Å²) in [5.74, 6) is -0.182. The normalized spacial score (nSPS) is 15.3. The summed E-state index contributed by atoms with van der Waals surface area (Å²) in [6, 6.07) is 10.5. The maximum Gasteiger partial charge on any atom is 0.256 e. The van der Waals surface area contributed by atoms with Gasteiger partial charge in [-0.2, -0.15) is 0 Å². The van der Waals surface area contributed by atoms with Crippen LogP contribution in [0.15, 0.2) is 36.4 Å². The molecule has 3 rings (SSSR count). The molecule has 1 aliphatic rings. The Morgan fingerprint density at radius 1 is 1.05 bits per heavy atom. The van der Waals surface area contributed by atoms with E-state index in [1.807, 2.05) is 0 Å². The summed E-state index contributed by atoms with van der Waals surface area (Å²) in [5, 5.41) is 4.23. The van der Waals surface area contributed by atoms with E-state index >= 15 is 0 Å². The first-order chi connectivity index (χ1) is 9.56. The van der Waals surface area contributed by atoms with Crippen molar-refractivity contribution in [1.82, 2.24) is 0 Å². The second-order valence-corrected chi connectivity index (χ2v) is 5.57. The number of halogens is 3. The molecule has 5 heteroatoms. The number of benzene rings is 2. The van der Waals surface area contributed by atoms with E-state index in [0.29, 0.717) is 26.2 Å². The van der Waals surface area contributed by atoms with Gasteiger partial charge in [0.2, 0.25) is 0 Å². The Kier molecular flexibility index (Phi) is 3.47. The average molecular weight is 325 g/mol. The van der Waals surface area contributed by atoms with Crippen molar-refractivity contribution in [3.8, 4) is 0 Å².